The maximum Gasteiger partial charge on any atom is 0.329 e. The summed E-state index contributed by atoms with van der Waals surface area (Å²) in [6.07, 6.45) is 0. The standard InChI is InChI=1S/2C2H4O3.Cr/c2*3-1-2(4)5;/h2*3H,1H2,(H,4,5);. The molecule has 0 saturated carbocycles. The van der Waals surface area contributed by atoms with Gasteiger partial charge in [-0.25, -0.2) is 9.59 Å². The molecule has 0 spiro atoms. The van der Waals surface area contributed by atoms with Gasteiger partial charge in [0.05, 0.1) is 0 Å². The zero-order valence-electron chi connectivity index (χ0n) is 5.43. The Balaban J connectivity index is -0.000000107. The van der Waals surface area contributed by atoms with Crippen molar-refractivity contribution in [2.45, 2.75) is 0 Å². The van der Waals surface area contributed by atoms with Gasteiger partial charge < -0.3 is 20.4 Å². The van der Waals surface area contributed by atoms with Crippen LogP contribution in [0, 0.1) is 0 Å². The molecule has 0 aliphatic carbocycles. The molecule has 0 aliphatic heterocycles. The Morgan fingerprint density at radius 3 is 1.00 bits per heavy atom. The molecule has 0 aromatic heterocycles. The number of carbonyl (C=O) groups is 2. The SMILES string of the molecule is O=C(O)CO.O=C(O)CO.[Cr]. The minimum Gasteiger partial charge on any atom is -0.480 e. The molecule has 0 rings (SSSR count). The minimum atomic E-state index is -1.19. The molecule has 0 atom stereocenters. The normalized spacial score (nSPS) is 6.73. The van der Waals surface area contributed by atoms with Gasteiger partial charge in [0.2, 0.25) is 0 Å². The molecule has 0 bridgehead atoms. The third-order valence-corrected chi connectivity index (χ3v) is 0.271. The fourth-order valence-electron chi connectivity index (χ4n) is 0. The molecular formula is C4H8CrO6. The van der Waals surface area contributed by atoms with Crippen molar-refractivity contribution < 1.29 is 47.4 Å². The Hall–Kier alpha value is -0.608. The van der Waals surface area contributed by atoms with Crippen LogP contribution in [0.5, 0.6) is 0 Å². The van der Waals surface area contributed by atoms with Crippen molar-refractivity contribution >= 4 is 11.9 Å². The monoisotopic (exact) mass is 204 g/mol. The zero-order valence-corrected chi connectivity index (χ0v) is 6.70. The molecule has 0 fully saturated rings. The van der Waals surface area contributed by atoms with Gasteiger partial charge in [0.25, 0.3) is 0 Å². The fourth-order valence-corrected chi connectivity index (χ4v) is 0. The number of hydrogen-bond donors (Lipinski definition) is 4. The molecule has 0 unspecified atom stereocenters. The first kappa shape index (κ1) is 16.8. The Morgan fingerprint density at radius 2 is 1.00 bits per heavy atom. The van der Waals surface area contributed by atoms with Crippen molar-refractivity contribution in [3.63, 3.8) is 0 Å². The molecule has 6 nitrogen and oxygen atoms in total. The minimum absolute atomic E-state index is 0. The summed E-state index contributed by atoms with van der Waals surface area (Å²) < 4.78 is 0. The molecule has 11 heavy (non-hydrogen) atoms. The summed E-state index contributed by atoms with van der Waals surface area (Å²) in [6.45, 7) is -1.56. The maximum atomic E-state index is 9.12. The van der Waals surface area contributed by atoms with Crippen LogP contribution in [0.15, 0.2) is 0 Å². The topological polar surface area (TPSA) is 115 Å². The van der Waals surface area contributed by atoms with Gasteiger partial charge in [-0.2, -0.15) is 0 Å². The van der Waals surface area contributed by atoms with Crippen LogP contribution in [0.1, 0.15) is 0 Å². The van der Waals surface area contributed by atoms with Crippen molar-refractivity contribution in [1.29, 1.82) is 0 Å². The van der Waals surface area contributed by atoms with Gasteiger partial charge in [0.15, 0.2) is 0 Å². The molecule has 4 N–H and O–H groups in total. The average molecular weight is 204 g/mol. The van der Waals surface area contributed by atoms with Gasteiger partial charge in [-0.15, -0.1) is 0 Å². The van der Waals surface area contributed by atoms with Crippen LogP contribution in [0.3, 0.4) is 0 Å². The molecule has 7 heteroatoms. The van der Waals surface area contributed by atoms with E-state index in [1.807, 2.05) is 0 Å². The van der Waals surface area contributed by atoms with Crippen molar-refractivity contribution in [1.82, 2.24) is 0 Å². The van der Waals surface area contributed by atoms with E-state index in [-0.39, 0.29) is 17.4 Å². The van der Waals surface area contributed by atoms with Gasteiger partial charge in [0, 0.05) is 17.4 Å². The predicted molar refractivity (Wildman–Crippen MR) is 29.4 cm³/mol. The summed E-state index contributed by atoms with van der Waals surface area (Å²) in [6, 6.07) is 0. The molecule has 0 amide bonds. The second kappa shape index (κ2) is 12.1. The Labute approximate surface area is 73.2 Å². The van der Waals surface area contributed by atoms with Gasteiger partial charge in [-0.3, -0.25) is 0 Å². The van der Waals surface area contributed by atoms with Crippen molar-refractivity contribution in [3.05, 3.63) is 0 Å². The van der Waals surface area contributed by atoms with Crippen LogP contribution in [0.25, 0.3) is 0 Å². The number of aliphatic hydroxyl groups excluding tert-OH is 2. The largest absolute Gasteiger partial charge is 0.480 e. The summed E-state index contributed by atoms with van der Waals surface area (Å²) in [5, 5.41) is 30.0. The fraction of sp³-hybridized carbons (Fsp3) is 0.500. The molecular weight excluding hydrogens is 196 g/mol. The van der Waals surface area contributed by atoms with Crippen LogP contribution in [-0.4, -0.2) is 45.6 Å². The zero-order chi connectivity index (χ0) is 8.57. The van der Waals surface area contributed by atoms with E-state index in [1.165, 1.54) is 0 Å². The van der Waals surface area contributed by atoms with E-state index < -0.39 is 25.2 Å². The average Bonchev–Trinajstić information content (AvgIpc) is 1.89. The number of rotatable bonds is 2. The van der Waals surface area contributed by atoms with Crippen LogP contribution in [-0.2, 0) is 27.0 Å². The predicted octanol–water partition coefficient (Wildman–Crippen LogP) is -1.88. The van der Waals surface area contributed by atoms with Crippen molar-refractivity contribution in [3.8, 4) is 0 Å². The van der Waals surface area contributed by atoms with Crippen LogP contribution in [0.4, 0.5) is 0 Å². The smallest absolute Gasteiger partial charge is 0.329 e. The first-order valence-corrected chi connectivity index (χ1v) is 2.20. The maximum absolute atomic E-state index is 9.12. The molecule has 0 saturated heterocycles. The van der Waals surface area contributed by atoms with Crippen molar-refractivity contribution in [2.75, 3.05) is 13.2 Å². The first-order valence-electron chi connectivity index (χ1n) is 2.20. The Kier molecular flexibility index (Phi) is 18.5. The first-order chi connectivity index (χ1) is 4.54. The number of hydrogen-bond acceptors (Lipinski definition) is 4. The van der Waals surface area contributed by atoms with E-state index in [0.29, 0.717) is 0 Å². The summed E-state index contributed by atoms with van der Waals surface area (Å²) in [5.41, 5.74) is 0. The summed E-state index contributed by atoms with van der Waals surface area (Å²) in [4.78, 5) is 18.2. The van der Waals surface area contributed by atoms with Crippen molar-refractivity contribution in [2.24, 2.45) is 0 Å². The molecule has 66 valence electrons. The summed E-state index contributed by atoms with van der Waals surface area (Å²) >= 11 is 0. The number of carboxylic acid groups (broad SMARTS) is 2. The molecule has 0 aromatic rings. The second-order valence-electron chi connectivity index (χ2n) is 1.10. The van der Waals surface area contributed by atoms with E-state index in [9.17, 15) is 0 Å². The van der Waals surface area contributed by atoms with E-state index in [0.717, 1.165) is 0 Å². The quantitative estimate of drug-likeness (QED) is 0.418. The Morgan fingerprint density at radius 1 is 0.909 bits per heavy atom. The van der Waals surface area contributed by atoms with Crippen LogP contribution < -0.4 is 0 Å². The third kappa shape index (κ3) is 44.6. The van der Waals surface area contributed by atoms with E-state index in [1.54, 1.807) is 0 Å². The van der Waals surface area contributed by atoms with E-state index >= 15 is 0 Å². The van der Waals surface area contributed by atoms with Gasteiger partial charge in [0.1, 0.15) is 13.2 Å². The van der Waals surface area contributed by atoms with Gasteiger partial charge >= 0.3 is 11.9 Å². The molecule has 0 aliphatic rings. The van der Waals surface area contributed by atoms with Crippen LogP contribution >= 0.6 is 0 Å². The number of aliphatic carboxylic acids is 2. The number of carboxylic acids is 2. The van der Waals surface area contributed by atoms with Gasteiger partial charge in [-0.05, 0) is 0 Å². The van der Waals surface area contributed by atoms with Crippen LogP contribution in [0.2, 0.25) is 0 Å². The van der Waals surface area contributed by atoms with E-state index in [2.05, 4.69) is 0 Å². The molecule has 0 aromatic carbocycles. The molecule has 0 radical (unpaired) electrons. The number of aliphatic hydroxyl groups is 2. The summed E-state index contributed by atoms with van der Waals surface area (Å²) in [7, 11) is 0. The molecule has 0 heterocycles. The van der Waals surface area contributed by atoms with E-state index in [4.69, 9.17) is 30.0 Å². The Bertz CT molecular complexity index is 99.1. The third-order valence-electron chi connectivity index (χ3n) is 0.271. The second-order valence-corrected chi connectivity index (χ2v) is 1.10. The van der Waals surface area contributed by atoms with Gasteiger partial charge in [-0.1, -0.05) is 0 Å². The summed E-state index contributed by atoms with van der Waals surface area (Å²) in [5.74, 6) is -2.38.